The largest absolute Gasteiger partial charge is 0.484 e. The van der Waals surface area contributed by atoms with Gasteiger partial charge >= 0.3 is 11.9 Å². The normalized spacial score (nSPS) is 11.3. The number of tetrazole rings is 1. The van der Waals surface area contributed by atoms with E-state index in [-0.39, 0.29) is 11.4 Å². The van der Waals surface area contributed by atoms with Crippen molar-refractivity contribution in [2.75, 3.05) is 11.9 Å². The van der Waals surface area contributed by atoms with Gasteiger partial charge in [0.15, 0.2) is 6.61 Å². The van der Waals surface area contributed by atoms with Crippen LogP contribution >= 0.6 is 11.6 Å². The smallest absolute Gasteiger partial charge is 0.417 e. The molecule has 3 rings (SSSR count). The quantitative estimate of drug-likeness (QED) is 0.669. The summed E-state index contributed by atoms with van der Waals surface area (Å²) < 4.78 is 44.9. The summed E-state index contributed by atoms with van der Waals surface area (Å²) in [5.41, 5.74) is -1.34. The summed E-state index contributed by atoms with van der Waals surface area (Å²) in [7, 11) is 0. The molecule has 0 radical (unpaired) electrons. The number of ether oxygens (including phenoxy) is 1. The van der Waals surface area contributed by atoms with Crippen LogP contribution in [0.5, 0.6) is 5.75 Å². The molecule has 2 N–H and O–H groups in total. The lowest BCUT2D eigenvalue weighted by Crippen LogP contribution is -2.21. The molecule has 0 aliphatic heterocycles. The van der Waals surface area contributed by atoms with Crippen LogP contribution in [0.25, 0.3) is 5.69 Å². The zero-order chi connectivity index (χ0) is 20.3. The SMILES string of the molecule is O=C(COc1cccc(-n2nn[nH]c2=O)c1)Nc1ccc(Cl)c(C(F)(F)F)c1. The standard InChI is InChI=1S/C16H11ClF3N5O3/c17-13-5-4-9(6-12(13)16(18,19)20)21-14(26)8-28-11-3-1-2-10(7-11)25-15(27)22-23-24-25/h1-7H,8H2,(H,21,26)(H,22,24,27). The van der Waals surface area contributed by atoms with Crippen LogP contribution in [-0.4, -0.2) is 32.7 Å². The number of halogens is 4. The van der Waals surface area contributed by atoms with E-state index in [1.165, 1.54) is 18.2 Å². The summed E-state index contributed by atoms with van der Waals surface area (Å²) in [6.45, 7) is -0.471. The Kier molecular flexibility index (Phi) is 5.36. The molecule has 0 bridgehead atoms. The van der Waals surface area contributed by atoms with E-state index in [1.54, 1.807) is 12.1 Å². The number of carbonyl (C=O) groups excluding carboxylic acids is 1. The molecule has 0 spiro atoms. The Labute approximate surface area is 159 Å². The van der Waals surface area contributed by atoms with Gasteiger partial charge in [-0.05, 0) is 40.8 Å². The van der Waals surface area contributed by atoms with Gasteiger partial charge in [0.1, 0.15) is 5.75 Å². The summed E-state index contributed by atoms with van der Waals surface area (Å²) in [5.74, 6) is -0.436. The number of aromatic nitrogens is 4. The maximum Gasteiger partial charge on any atom is 0.417 e. The summed E-state index contributed by atoms with van der Waals surface area (Å²) in [4.78, 5) is 23.5. The van der Waals surface area contributed by atoms with Gasteiger partial charge in [0.05, 0.1) is 16.3 Å². The van der Waals surface area contributed by atoms with E-state index in [4.69, 9.17) is 16.3 Å². The number of nitrogens with one attached hydrogen (secondary N) is 2. The van der Waals surface area contributed by atoms with E-state index in [0.717, 1.165) is 16.8 Å². The van der Waals surface area contributed by atoms with Crippen molar-refractivity contribution < 1.29 is 22.7 Å². The second-order valence-electron chi connectivity index (χ2n) is 5.44. The lowest BCUT2D eigenvalue weighted by atomic mass is 10.2. The van der Waals surface area contributed by atoms with Gasteiger partial charge in [-0.3, -0.25) is 4.79 Å². The third kappa shape index (κ3) is 4.49. The van der Waals surface area contributed by atoms with Gasteiger partial charge in [-0.1, -0.05) is 17.7 Å². The highest BCUT2D eigenvalue weighted by molar-refractivity contribution is 6.31. The van der Waals surface area contributed by atoms with Crippen LogP contribution < -0.4 is 15.7 Å². The number of hydrogen-bond acceptors (Lipinski definition) is 5. The molecule has 1 amide bonds. The van der Waals surface area contributed by atoms with Crippen molar-refractivity contribution in [3.05, 3.63) is 63.5 Å². The van der Waals surface area contributed by atoms with Crippen molar-refractivity contribution in [3.8, 4) is 11.4 Å². The van der Waals surface area contributed by atoms with Crippen molar-refractivity contribution >= 4 is 23.2 Å². The van der Waals surface area contributed by atoms with E-state index < -0.39 is 35.0 Å². The minimum atomic E-state index is -4.64. The first-order valence-electron chi connectivity index (χ1n) is 7.64. The molecule has 0 aliphatic rings. The molecule has 0 atom stereocenters. The lowest BCUT2D eigenvalue weighted by molar-refractivity contribution is -0.137. The zero-order valence-electron chi connectivity index (χ0n) is 13.8. The summed E-state index contributed by atoms with van der Waals surface area (Å²) in [6, 6.07) is 9.14. The van der Waals surface area contributed by atoms with Crippen molar-refractivity contribution in [3.63, 3.8) is 0 Å². The number of amides is 1. The highest BCUT2D eigenvalue weighted by Crippen LogP contribution is 2.36. The summed E-state index contributed by atoms with van der Waals surface area (Å²) in [6.07, 6.45) is -4.64. The number of H-pyrrole nitrogens is 1. The van der Waals surface area contributed by atoms with Crippen LogP contribution in [0.4, 0.5) is 18.9 Å². The minimum Gasteiger partial charge on any atom is -0.484 e. The predicted octanol–water partition coefficient (Wildman–Crippen LogP) is 2.65. The van der Waals surface area contributed by atoms with Crippen LogP contribution in [0.1, 0.15) is 5.56 Å². The molecule has 0 saturated heterocycles. The van der Waals surface area contributed by atoms with Crippen LogP contribution in [0, 0.1) is 0 Å². The first-order valence-corrected chi connectivity index (χ1v) is 8.02. The molecule has 8 nitrogen and oxygen atoms in total. The number of benzene rings is 2. The van der Waals surface area contributed by atoms with Gasteiger partial charge in [0.2, 0.25) is 0 Å². The molecule has 146 valence electrons. The van der Waals surface area contributed by atoms with Crippen LogP contribution in [0.3, 0.4) is 0 Å². The monoisotopic (exact) mass is 413 g/mol. The Morgan fingerprint density at radius 2 is 2.04 bits per heavy atom. The van der Waals surface area contributed by atoms with E-state index >= 15 is 0 Å². The third-order valence-electron chi connectivity index (χ3n) is 3.46. The number of rotatable bonds is 5. The molecule has 1 aromatic heterocycles. The highest BCUT2D eigenvalue weighted by atomic mass is 35.5. The number of hydrogen-bond donors (Lipinski definition) is 2. The predicted molar refractivity (Wildman–Crippen MR) is 92.6 cm³/mol. The zero-order valence-corrected chi connectivity index (χ0v) is 14.6. The van der Waals surface area contributed by atoms with Crippen LogP contribution in [0.2, 0.25) is 5.02 Å². The Morgan fingerprint density at radius 3 is 2.71 bits per heavy atom. The Morgan fingerprint density at radius 1 is 1.25 bits per heavy atom. The van der Waals surface area contributed by atoms with Gasteiger partial charge in [-0.15, -0.1) is 0 Å². The fraction of sp³-hybridized carbons (Fsp3) is 0.125. The van der Waals surface area contributed by atoms with E-state index in [9.17, 15) is 22.8 Å². The molecule has 0 aliphatic carbocycles. The molecule has 3 aromatic rings. The first kappa shape index (κ1) is 19.4. The maximum atomic E-state index is 12.9. The number of anilines is 1. The van der Waals surface area contributed by atoms with Crippen LogP contribution in [-0.2, 0) is 11.0 Å². The van der Waals surface area contributed by atoms with E-state index in [1.807, 2.05) is 0 Å². The van der Waals surface area contributed by atoms with Gasteiger partial charge in [-0.25, -0.2) is 9.89 Å². The molecule has 1 heterocycles. The van der Waals surface area contributed by atoms with Crippen LogP contribution in [0.15, 0.2) is 47.3 Å². The van der Waals surface area contributed by atoms with Crippen molar-refractivity contribution in [2.24, 2.45) is 0 Å². The van der Waals surface area contributed by atoms with Crippen molar-refractivity contribution in [2.45, 2.75) is 6.18 Å². The van der Waals surface area contributed by atoms with Gasteiger partial charge in [0, 0.05) is 11.8 Å². The second kappa shape index (κ2) is 7.72. The molecule has 2 aromatic carbocycles. The van der Waals surface area contributed by atoms with Gasteiger partial charge in [0.25, 0.3) is 5.91 Å². The van der Waals surface area contributed by atoms with E-state index in [0.29, 0.717) is 5.69 Å². The number of alkyl halides is 3. The molecule has 12 heteroatoms. The first-order chi connectivity index (χ1) is 13.2. The Hall–Kier alpha value is -3.34. The van der Waals surface area contributed by atoms with E-state index in [2.05, 4.69) is 20.8 Å². The van der Waals surface area contributed by atoms with Gasteiger partial charge < -0.3 is 10.1 Å². The molecule has 28 heavy (non-hydrogen) atoms. The van der Waals surface area contributed by atoms with Crippen molar-refractivity contribution in [1.29, 1.82) is 0 Å². The van der Waals surface area contributed by atoms with Gasteiger partial charge in [-0.2, -0.15) is 17.9 Å². The molecular formula is C16H11ClF3N5O3. The fourth-order valence-electron chi connectivity index (χ4n) is 2.24. The number of aromatic amines is 1. The minimum absolute atomic E-state index is 0.0757. The Bertz CT molecular complexity index is 1060. The molecule has 0 saturated carbocycles. The van der Waals surface area contributed by atoms with Crippen molar-refractivity contribution in [1.82, 2.24) is 20.2 Å². The third-order valence-corrected chi connectivity index (χ3v) is 3.79. The average molecular weight is 414 g/mol. The summed E-state index contributed by atoms with van der Waals surface area (Å²) >= 11 is 5.53. The average Bonchev–Trinajstić information content (AvgIpc) is 3.07. The highest BCUT2D eigenvalue weighted by Gasteiger charge is 2.33. The Balaban J connectivity index is 1.65. The number of nitrogens with zero attached hydrogens (tertiary/aromatic N) is 3. The summed E-state index contributed by atoms with van der Waals surface area (Å²) in [5, 5.41) is 10.9. The number of carbonyl (C=O) groups is 1. The fourth-order valence-corrected chi connectivity index (χ4v) is 2.46. The molecule has 0 fully saturated rings. The topological polar surface area (TPSA) is 102 Å². The second-order valence-corrected chi connectivity index (χ2v) is 5.85. The lowest BCUT2D eigenvalue weighted by Gasteiger charge is -2.12. The molecule has 0 unspecified atom stereocenters. The maximum absolute atomic E-state index is 12.9. The molecular weight excluding hydrogens is 403 g/mol.